The molecule has 0 fully saturated rings. The monoisotopic (exact) mass is 315 g/mol. The van der Waals surface area contributed by atoms with Crippen LogP contribution in [-0.4, -0.2) is 30.1 Å². The Bertz CT molecular complexity index is 747. The minimum Gasteiger partial charge on any atom is -0.466 e. The molecule has 1 atom stereocenters. The van der Waals surface area contributed by atoms with E-state index in [2.05, 4.69) is 4.98 Å². The van der Waals surface area contributed by atoms with Gasteiger partial charge in [0.15, 0.2) is 0 Å². The van der Waals surface area contributed by atoms with Crippen LogP contribution in [0.25, 0.3) is 10.9 Å². The molecule has 1 N–H and O–H groups in total. The Balaban J connectivity index is 2.07. The summed E-state index contributed by atoms with van der Waals surface area (Å²) < 4.78 is 10.3. The van der Waals surface area contributed by atoms with Crippen molar-refractivity contribution in [3.63, 3.8) is 0 Å². The zero-order valence-electron chi connectivity index (χ0n) is 13.5. The minimum atomic E-state index is -0.340. The van der Waals surface area contributed by atoms with Gasteiger partial charge in [0.1, 0.15) is 0 Å². The first kappa shape index (κ1) is 15.6. The Morgan fingerprint density at radius 3 is 2.74 bits per heavy atom. The third kappa shape index (κ3) is 2.83. The average Bonchev–Trinajstić information content (AvgIpc) is 2.93. The van der Waals surface area contributed by atoms with Crippen LogP contribution in [0.1, 0.15) is 54.2 Å². The maximum atomic E-state index is 12.3. The zero-order valence-corrected chi connectivity index (χ0v) is 13.5. The van der Waals surface area contributed by atoms with Crippen molar-refractivity contribution >= 4 is 22.8 Å². The van der Waals surface area contributed by atoms with Crippen molar-refractivity contribution in [1.29, 1.82) is 0 Å². The second-order valence-electron chi connectivity index (χ2n) is 5.69. The number of nitrogens with one attached hydrogen (secondary N) is 1. The Morgan fingerprint density at radius 2 is 2.00 bits per heavy atom. The van der Waals surface area contributed by atoms with E-state index in [-0.39, 0.29) is 17.9 Å². The smallest absolute Gasteiger partial charge is 0.338 e. The van der Waals surface area contributed by atoms with Crippen molar-refractivity contribution in [2.45, 2.75) is 39.0 Å². The molecule has 1 aromatic heterocycles. The minimum absolute atomic E-state index is 0.184. The highest BCUT2D eigenvalue weighted by Gasteiger charge is 2.31. The van der Waals surface area contributed by atoms with Crippen LogP contribution in [0.4, 0.5) is 0 Å². The van der Waals surface area contributed by atoms with Crippen LogP contribution in [0.2, 0.25) is 0 Å². The van der Waals surface area contributed by atoms with Crippen molar-refractivity contribution in [3.05, 3.63) is 35.0 Å². The van der Waals surface area contributed by atoms with Crippen molar-refractivity contribution in [2.24, 2.45) is 0 Å². The first-order valence-corrected chi connectivity index (χ1v) is 8.14. The lowest BCUT2D eigenvalue weighted by atomic mass is 9.85. The van der Waals surface area contributed by atoms with Gasteiger partial charge in [-0.3, -0.25) is 4.79 Å². The maximum absolute atomic E-state index is 12.3. The van der Waals surface area contributed by atoms with Gasteiger partial charge in [-0.05, 0) is 56.9 Å². The number of H-pyrrole nitrogens is 1. The lowest BCUT2D eigenvalue weighted by Crippen LogP contribution is -2.20. The molecule has 23 heavy (non-hydrogen) atoms. The number of benzene rings is 1. The molecule has 1 aliphatic carbocycles. The largest absolute Gasteiger partial charge is 0.466 e. The SMILES string of the molecule is CCOC(=O)c1ccc2[nH]c3c(c2c1)C(C(=O)OCC)CCC3. The van der Waals surface area contributed by atoms with E-state index in [0.717, 1.165) is 41.4 Å². The number of aromatic nitrogens is 1. The van der Waals surface area contributed by atoms with Crippen LogP contribution in [0.3, 0.4) is 0 Å². The number of hydrogen-bond acceptors (Lipinski definition) is 4. The van der Waals surface area contributed by atoms with Crippen molar-refractivity contribution < 1.29 is 19.1 Å². The number of hydrogen-bond donors (Lipinski definition) is 1. The molecule has 0 radical (unpaired) electrons. The number of rotatable bonds is 4. The summed E-state index contributed by atoms with van der Waals surface area (Å²) in [4.78, 5) is 27.6. The predicted molar refractivity (Wildman–Crippen MR) is 86.6 cm³/mol. The summed E-state index contributed by atoms with van der Waals surface area (Å²) in [7, 11) is 0. The van der Waals surface area contributed by atoms with Crippen LogP contribution < -0.4 is 0 Å². The van der Waals surface area contributed by atoms with Crippen LogP contribution in [0, 0.1) is 0 Å². The number of carbonyl (C=O) groups excluding carboxylic acids is 2. The molecular weight excluding hydrogens is 294 g/mol. The maximum Gasteiger partial charge on any atom is 0.338 e. The molecule has 1 unspecified atom stereocenters. The normalized spacial score (nSPS) is 16.9. The van der Waals surface area contributed by atoms with E-state index in [0.29, 0.717) is 18.8 Å². The quantitative estimate of drug-likeness (QED) is 0.879. The van der Waals surface area contributed by atoms with Crippen molar-refractivity contribution in [3.8, 4) is 0 Å². The lowest BCUT2D eigenvalue weighted by molar-refractivity contribution is -0.145. The first-order chi connectivity index (χ1) is 11.2. The molecule has 0 saturated heterocycles. The molecule has 1 aromatic carbocycles. The number of carbonyl (C=O) groups is 2. The van der Waals surface area contributed by atoms with Gasteiger partial charge in [0.2, 0.25) is 0 Å². The summed E-state index contributed by atoms with van der Waals surface area (Å²) >= 11 is 0. The molecule has 3 rings (SSSR count). The number of fused-ring (bicyclic) bond motifs is 3. The standard InChI is InChI=1S/C18H21NO4/c1-3-22-17(20)11-8-9-14-13(10-11)16-12(18(21)23-4-2)6-5-7-15(16)19-14/h8-10,12,19H,3-7H2,1-2H3. The molecule has 1 heterocycles. The fourth-order valence-corrected chi connectivity index (χ4v) is 3.31. The molecule has 0 saturated carbocycles. The summed E-state index contributed by atoms with van der Waals surface area (Å²) in [6, 6.07) is 5.45. The van der Waals surface area contributed by atoms with Crippen molar-refractivity contribution in [1.82, 2.24) is 4.98 Å². The van der Waals surface area contributed by atoms with Crippen LogP contribution >= 0.6 is 0 Å². The lowest BCUT2D eigenvalue weighted by Gasteiger charge is -2.21. The molecular formula is C18H21NO4. The van der Waals surface area contributed by atoms with E-state index in [4.69, 9.17) is 9.47 Å². The van der Waals surface area contributed by atoms with Gasteiger partial charge >= 0.3 is 11.9 Å². The third-order valence-electron chi connectivity index (χ3n) is 4.27. The van der Waals surface area contributed by atoms with E-state index >= 15 is 0 Å². The Hall–Kier alpha value is -2.30. The summed E-state index contributed by atoms with van der Waals surface area (Å²) in [5, 5.41) is 0.920. The molecule has 0 aliphatic heterocycles. The fourth-order valence-electron chi connectivity index (χ4n) is 3.31. The average molecular weight is 315 g/mol. The van der Waals surface area contributed by atoms with Crippen LogP contribution in [0.15, 0.2) is 18.2 Å². The van der Waals surface area contributed by atoms with Gasteiger partial charge in [-0.2, -0.15) is 0 Å². The number of esters is 2. The topological polar surface area (TPSA) is 68.4 Å². The summed E-state index contributed by atoms with van der Waals surface area (Å²) in [6.07, 6.45) is 2.64. The van der Waals surface area contributed by atoms with Crippen molar-refractivity contribution in [2.75, 3.05) is 13.2 Å². The van der Waals surface area contributed by atoms with E-state index in [1.165, 1.54) is 0 Å². The van der Waals surface area contributed by atoms with Gasteiger partial charge in [-0.25, -0.2) is 4.79 Å². The molecule has 1 aliphatic rings. The molecule has 5 nitrogen and oxygen atoms in total. The Morgan fingerprint density at radius 1 is 1.22 bits per heavy atom. The molecule has 0 bridgehead atoms. The number of aromatic amines is 1. The zero-order chi connectivity index (χ0) is 16.4. The van der Waals surface area contributed by atoms with Gasteiger partial charge in [0.05, 0.1) is 24.7 Å². The molecule has 122 valence electrons. The van der Waals surface area contributed by atoms with Crippen LogP contribution in [-0.2, 0) is 20.7 Å². The second kappa shape index (κ2) is 6.44. The number of aryl methyl sites for hydroxylation is 1. The molecule has 5 heteroatoms. The highest BCUT2D eigenvalue weighted by molar-refractivity contribution is 5.98. The van der Waals surface area contributed by atoms with Gasteiger partial charge < -0.3 is 14.5 Å². The highest BCUT2D eigenvalue weighted by Crippen LogP contribution is 2.38. The Labute approximate surface area is 135 Å². The van der Waals surface area contributed by atoms with E-state index in [9.17, 15) is 9.59 Å². The van der Waals surface area contributed by atoms with Gasteiger partial charge in [0, 0.05) is 16.6 Å². The molecule has 2 aromatic rings. The van der Waals surface area contributed by atoms with E-state index < -0.39 is 0 Å². The third-order valence-corrected chi connectivity index (χ3v) is 4.27. The first-order valence-electron chi connectivity index (χ1n) is 8.14. The number of ether oxygens (including phenoxy) is 2. The molecule has 0 amide bonds. The van der Waals surface area contributed by atoms with E-state index in [1.54, 1.807) is 13.0 Å². The van der Waals surface area contributed by atoms with Gasteiger partial charge in [0.25, 0.3) is 0 Å². The predicted octanol–water partition coefficient (Wildman–Crippen LogP) is 3.33. The molecule has 0 spiro atoms. The van der Waals surface area contributed by atoms with E-state index in [1.807, 2.05) is 19.1 Å². The fraction of sp³-hybridized carbons (Fsp3) is 0.444. The summed E-state index contributed by atoms with van der Waals surface area (Å²) in [5.74, 6) is -0.784. The highest BCUT2D eigenvalue weighted by atomic mass is 16.5. The van der Waals surface area contributed by atoms with Crippen LogP contribution in [0.5, 0.6) is 0 Å². The van der Waals surface area contributed by atoms with Gasteiger partial charge in [-0.15, -0.1) is 0 Å². The Kier molecular flexibility index (Phi) is 4.37. The summed E-state index contributed by atoms with van der Waals surface area (Å²) in [6.45, 7) is 4.32. The summed E-state index contributed by atoms with van der Waals surface area (Å²) in [5.41, 5.74) is 3.51. The van der Waals surface area contributed by atoms with Gasteiger partial charge in [-0.1, -0.05) is 0 Å². The second-order valence-corrected chi connectivity index (χ2v) is 5.69.